The van der Waals surface area contributed by atoms with E-state index in [1.807, 2.05) is 30.3 Å². The van der Waals surface area contributed by atoms with Gasteiger partial charge in [-0.1, -0.05) is 39.0 Å². The number of nitrogens with zero attached hydrogens (tertiary/aromatic N) is 2. The summed E-state index contributed by atoms with van der Waals surface area (Å²) >= 11 is 0. The third kappa shape index (κ3) is 8.91. The van der Waals surface area contributed by atoms with Crippen molar-refractivity contribution in [2.75, 3.05) is 46.4 Å². The van der Waals surface area contributed by atoms with Crippen LogP contribution in [0.2, 0.25) is 0 Å². The Balaban J connectivity index is 2.52. The Morgan fingerprint density at radius 2 is 1.74 bits per heavy atom. The van der Waals surface area contributed by atoms with Crippen molar-refractivity contribution in [3.8, 4) is 5.75 Å². The zero-order chi connectivity index (χ0) is 20.1. The summed E-state index contributed by atoms with van der Waals surface area (Å²) in [6.07, 6.45) is 1.04. The summed E-state index contributed by atoms with van der Waals surface area (Å²) in [5.74, 6) is 0.233. The molecule has 1 aromatic rings. The number of para-hydroxylation sites is 1. The van der Waals surface area contributed by atoms with Crippen LogP contribution in [0, 0.1) is 5.92 Å². The molecule has 0 heterocycles. The summed E-state index contributed by atoms with van der Waals surface area (Å²) < 4.78 is 10.5. The van der Waals surface area contributed by atoms with Gasteiger partial charge in [0.1, 0.15) is 5.75 Å². The number of ether oxygens (including phenoxy) is 2. The molecule has 1 unspecified atom stereocenters. The fraction of sp³-hybridized carbons (Fsp3) is 0.619. The molecule has 0 N–H and O–H groups in total. The summed E-state index contributed by atoms with van der Waals surface area (Å²) in [5, 5.41) is 0. The van der Waals surface area contributed by atoms with E-state index in [4.69, 9.17) is 9.47 Å². The Labute approximate surface area is 163 Å². The molecule has 27 heavy (non-hydrogen) atoms. The summed E-state index contributed by atoms with van der Waals surface area (Å²) in [6.45, 7) is 10.2. The fourth-order valence-corrected chi connectivity index (χ4v) is 2.81. The number of carbonyl (C=O) groups is 2. The van der Waals surface area contributed by atoms with Gasteiger partial charge >= 0.3 is 5.97 Å². The van der Waals surface area contributed by atoms with Crippen molar-refractivity contribution >= 4 is 11.9 Å². The van der Waals surface area contributed by atoms with Gasteiger partial charge in [-0.25, -0.2) is 0 Å². The van der Waals surface area contributed by atoms with Crippen LogP contribution >= 0.6 is 0 Å². The highest BCUT2D eigenvalue weighted by Gasteiger charge is 2.21. The largest absolute Gasteiger partial charge is 0.494 e. The average molecular weight is 379 g/mol. The van der Waals surface area contributed by atoms with Gasteiger partial charge in [-0.2, -0.15) is 0 Å². The minimum Gasteiger partial charge on any atom is -0.494 e. The molecule has 0 aliphatic rings. The van der Waals surface area contributed by atoms with E-state index >= 15 is 0 Å². The number of likely N-dealkylation sites (N-methyl/N-ethyl adjacent to an activating group) is 1. The number of hydrogen-bond acceptors (Lipinski definition) is 5. The minimum absolute atomic E-state index is 0.0505. The third-order valence-electron chi connectivity index (χ3n) is 4.58. The summed E-state index contributed by atoms with van der Waals surface area (Å²) in [5.41, 5.74) is 0. The molecule has 0 saturated heterocycles. The zero-order valence-electron chi connectivity index (χ0n) is 17.1. The van der Waals surface area contributed by atoms with E-state index in [0.717, 1.165) is 25.4 Å². The number of methoxy groups -OCH3 is 1. The molecule has 0 aliphatic carbocycles. The highest BCUT2D eigenvalue weighted by molar-refractivity contribution is 5.78. The Morgan fingerprint density at radius 3 is 2.33 bits per heavy atom. The van der Waals surface area contributed by atoms with E-state index in [9.17, 15) is 9.59 Å². The molecule has 0 fully saturated rings. The fourth-order valence-electron chi connectivity index (χ4n) is 2.81. The lowest BCUT2D eigenvalue weighted by Crippen LogP contribution is -2.42. The van der Waals surface area contributed by atoms with E-state index < -0.39 is 0 Å². The van der Waals surface area contributed by atoms with E-state index in [1.165, 1.54) is 7.11 Å². The molecule has 0 bridgehead atoms. The SMILES string of the molecule is CCN(CC)CCN(CC(C)C(=O)OC)C(=O)CCCOc1ccccc1. The first-order chi connectivity index (χ1) is 13.0. The van der Waals surface area contributed by atoms with E-state index in [0.29, 0.717) is 32.5 Å². The number of amides is 1. The van der Waals surface area contributed by atoms with Crippen molar-refractivity contribution in [1.29, 1.82) is 0 Å². The van der Waals surface area contributed by atoms with Gasteiger partial charge in [-0.05, 0) is 31.6 Å². The maximum atomic E-state index is 12.7. The second-order valence-electron chi connectivity index (χ2n) is 6.56. The normalized spacial score (nSPS) is 11.9. The first kappa shape index (κ1) is 23.0. The maximum Gasteiger partial charge on any atom is 0.310 e. The highest BCUT2D eigenvalue weighted by atomic mass is 16.5. The minimum atomic E-state index is -0.337. The molecular formula is C21H34N2O4. The van der Waals surface area contributed by atoms with Crippen LogP contribution < -0.4 is 4.74 Å². The summed E-state index contributed by atoms with van der Waals surface area (Å²) in [4.78, 5) is 28.5. The van der Waals surface area contributed by atoms with Gasteiger partial charge < -0.3 is 19.3 Å². The molecule has 0 radical (unpaired) electrons. The number of hydrogen-bond donors (Lipinski definition) is 0. The lowest BCUT2D eigenvalue weighted by Gasteiger charge is -2.28. The molecule has 152 valence electrons. The number of esters is 1. The van der Waals surface area contributed by atoms with Gasteiger partial charge in [-0.3, -0.25) is 9.59 Å². The Hall–Kier alpha value is -2.08. The van der Waals surface area contributed by atoms with Gasteiger partial charge in [-0.15, -0.1) is 0 Å². The first-order valence-electron chi connectivity index (χ1n) is 9.77. The molecule has 0 spiro atoms. The standard InChI is InChI=1S/C21H34N2O4/c1-5-22(6-2)14-15-23(17-18(3)21(25)26-4)20(24)13-10-16-27-19-11-8-7-9-12-19/h7-9,11-12,18H,5-6,10,13-17H2,1-4H3. The van der Waals surface area contributed by atoms with Crippen LogP contribution in [0.3, 0.4) is 0 Å². The second kappa shape index (κ2) is 13.1. The predicted octanol–water partition coefficient (Wildman–Crippen LogP) is 2.83. The molecular weight excluding hydrogens is 344 g/mol. The molecule has 1 amide bonds. The Kier molecular flexibility index (Phi) is 11.2. The molecule has 0 aliphatic heterocycles. The van der Waals surface area contributed by atoms with Gasteiger partial charge in [0.25, 0.3) is 0 Å². The monoisotopic (exact) mass is 378 g/mol. The topological polar surface area (TPSA) is 59.1 Å². The first-order valence-corrected chi connectivity index (χ1v) is 9.77. The van der Waals surface area contributed by atoms with E-state index in [-0.39, 0.29) is 17.8 Å². The number of carbonyl (C=O) groups excluding carboxylic acids is 2. The molecule has 0 aromatic heterocycles. The van der Waals surface area contributed by atoms with Crippen LogP contribution in [0.1, 0.15) is 33.6 Å². The molecule has 6 nitrogen and oxygen atoms in total. The van der Waals surface area contributed by atoms with Gasteiger partial charge in [0, 0.05) is 26.1 Å². The third-order valence-corrected chi connectivity index (χ3v) is 4.58. The lowest BCUT2D eigenvalue weighted by atomic mass is 10.1. The van der Waals surface area contributed by atoms with Crippen LogP contribution in [0.15, 0.2) is 30.3 Å². The van der Waals surface area contributed by atoms with Gasteiger partial charge in [0.2, 0.25) is 5.91 Å². The van der Waals surface area contributed by atoms with Crippen LogP contribution in [-0.4, -0.2) is 68.1 Å². The second-order valence-corrected chi connectivity index (χ2v) is 6.56. The number of rotatable bonds is 13. The zero-order valence-corrected chi connectivity index (χ0v) is 17.1. The smallest absolute Gasteiger partial charge is 0.310 e. The van der Waals surface area contributed by atoms with Gasteiger partial charge in [0.05, 0.1) is 19.6 Å². The van der Waals surface area contributed by atoms with E-state index in [2.05, 4.69) is 18.7 Å². The summed E-state index contributed by atoms with van der Waals surface area (Å²) in [7, 11) is 1.38. The molecule has 1 atom stereocenters. The Bertz CT molecular complexity index is 546. The summed E-state index contributed by atoms with van der Waals surface area (Å²) in [6, 6.07) is 9.58. The highest BCUT2D eigenvalue weighted by Crippen LogP contribution is 2.10. The molecule has 1 aromatic carbocycles. The number of benzene rings is 1. The maximum absolute atomic E-state index is 12.7. The van der Waals surface area contributed by atoms with Crippen LogP contribution in [0.5, 0.6) is 5.75 Å². The average Bonchev–Trinajstić information content (AvgIpc) is 2.70. The lowest BCUT2D eigenvalue weighted by molar-refractivity contribution is -0.146. The molecule has 0 saturated carbocycles. The van der Waals surface area contributed by atoms with Crippen molar-refractivity contribution in [3.63, 3.8) is 0 Å². The van der Waals surface area contributed by atoms with Gasteiger partial charge in [0.15, 0.2) is 0 Å². The quantitative estimate of drug-likeness (QED) is 0.390. The van der Waals surface area contributed by atoms with Crippen molar-refractivity contribution in [2.24, 2.45) is 5.92 Å². The van der Waals surface area contributed by atoms with Crippen molar-refractivity contribution in [1.82, 2.24) is 9.80 Å². The van der Waals surface area contributed by atoms with Crippen molar-refractivity contribution < 1.29 is 19.1 Å². The van der Waals surface area contributed by atoms with Crippen molar-refractivity contribution in [2.45, 2.75) is 33.6 Å². The Morgan fingerprint density at radius 1 is 1.07 bits per heavy atom. The predicted molar refractivity (Wildman–Crippen MR) is 107 cm³/mol. The van der Waals surface area contributed by atoms with Crippen LogP contribution in [0.4, 0.5) is 0 Å². The van der Waals surface area contributed by atoms with E-state index in [1.54, 1.807) is 11.8 Å². The van der Waals surface area contributed by atoms with Crippen LogP contribution in [0.25, 0.3) is 0 Å². The molecule has 6 heteroatoms. The van der Waals surface area contributed by atoms with Crippen LogP contribution in [-0.2, 0) is 14.3 Å². The molecule has 1 rings (SSSR count). The van der Waals surface area contributed by atoms with Crippen molar-refractivity contribution in [3.05, 3.63) is 30.3 Å².